The van der Waals surface area contributed by atoms with E-state index in [9.17, 15) is 24.9 Å². The van der Waals surface area contributed by atoms with Crippen LogP contribution in [0.25, 0.3) is 0 Å². The molecule has 0 aromatic carbocycles. The summed E-state index contributed by atoms with van der Waals surface area (Å²) in [5.74, 6) is -3.00. The van der Waals surface area contributed by atoms with Gasteiger partial charge in [-0.05, 0) is 20.8 Å². The fraction of sp³-hybridized carbons (Fsp3) is 0.778. The van der Waals surface area contributed by atoms with E-state index in [2.05, 4.69) is 0 Å². The Morgan fingerprint density at radius 1 is 1.29 bits per heavy atom. The van der Waals surface area contributed by atoms with Crippen LogP contribution in [0.5, 0.6) is 0 Å². The van der Waals surface area contributed by atoms with E-state index in [1.807, 2.05) is 0 Å². The lowest BCUT2D eigenvalue weighted by atomic mass is 9.76. The number of esters is 1. The number of ether oxygens (including phenoxy) is 1. The predicted molar refractivity (Wildman–Crippen MR) is 89.0 cm³/mol. The van der Waals surface area contributed by atoms with Crippen LogP contribution in [-0.2, 0) is 14.3 Å². The molecule has 6 heteroatoms. The minimum absolute atomic E-state index is 0.0250. The largest absolute Gasteiger partial charge is 0.466 e. The molecule has 1 unspecified atom stereocenters. The number of Topliss-reactive ketones (excluding diaryl/α,β-unsaturated/α-hetero) is 1. The zero-order chi connectivity index (χ0) is 18.8. The molecule has 1 aliphatic carbocycles. The number of carbonyl (C=O) groups excluding carboxylic acids is 2. The van der Waals surface area contributed by atoms with Crippen molar-refractivity contribution in [2.75, 3.05) is 7.11 Å². The number of aliphatic hydroxyl groups is 3. The molecule has 1 fully saturated rings. The topological polar surface area (TPSA) is 104 Å². The van der Waals surface area contributed by atoms with Crippen LogP contribution in [-0.4, -0.2) is 52.0 Å². The maximum atomic E-state index is 12.2. The average molecular weight is 342 g/mol. The third-order valence-corrected chi connectivity index (χ3v) is 5.22. The van der Waals surface area contributed by atoms with E-state index in [4.69, 9.17) is 4.74 Å². The molecule has 0 aromatic rings. The van der Waals surface area contributed by atoms with Gasteiger partial charge in [-0.3, -0.25) is 4.79 Å². The fourth-order valence-corrected chi connectivity index (χ4v) is 3.94. The minimum Gasteiger partial charge on any atom is -0.466 e. The van der Waals surface area contributed by atoms with E-state index in [0.717, 1.165) is 0 Å². The molecule has 6 nitrogen and oxygen atoms in total. The zero-order valence-corrected chi connectivity index (χ0v) is 15.3. The van der Waals surface area contributed by atoms with Crippen molar-refractivity contribution in [3.05, 3.63) is 11.6 Å². The summed E-state index contributed by atoms with van der Waals surface area (Å²) in [6, 6.07) is 0. The Kier molecular flexibility index (Phi) is 6.73. The van der Waals surface area contributed by atoms with Crippen LogP contribution < -0.4 is 0 Å². The summed E-state index contributed by atoms with van der Waals surface area (Å²) in [4.78, 5) is 24.4. The fourth-order valence-electron chi connectivity index (χ4n) is 3.94. The molecule has 1 aliphatic rings. The van der Waals surface area contributed by atoms with E-state index in [1.165, 1.54) is 21.0 Å². The SMILES string of the molecule is C/C=C(/C(=O)OC)[C@H]1[C@H](CC(=O)C(C)C)[C@H](O)[C@](C)(O)[C@H]1C(C)O. The van der Waals surface area contributed by atoms with E-state index >= 15 is 0 Å². The number of hydrogen-bond acceptors (Lipinski definition) is 6. The van der Waals surface area contributed by atoms with Gasteiger partial charge in [0.15, 0.2) is 0 Å². The van der Waals surface area contributed by atoms with E-state index in [0.29, 0.717) is 0 Å². The average Bonchev–Trinajstić information content (AvgIpc) is 2.68. The Balaban J connectivity index is 3.41. The van der Waals surface area contributed by atoms with Gasteiger partial charge in [-0.2, -0.15) is 0 Å². The van der Waals surface area contributed by atoms with Crippen LogP contribution >= 0.6 is 0 Å². The summed E-state index contributed by atoms with van der Waals surface area (Å²) in [6.07, 6.45) is -0.618. The van der Waals surface area contributed by atoms with Crippen LogP contribution in [0.3, 0.4) is 0 Å². The van der Waals surface area contributed by atoms with Crippen LogP contribution in [0, 0.1) is 23.7 Å². The highest BCUT2D eigenvalue weighted by Gasteiger charge is 2.60. The Labute approximate surface area is 143 Å². The first kappa shape index (κ1) is 20.8. The number of allylic oxidation sites excluding steroid dienone is 1. The number of methoxy groups -OCH3 is 1. The number of hydrogen-bond donors (Lipinski definition) is 3. The number of ketones is 1. The number of carbonyl (C=O) groups is 2. The molecule has 0 amide bonds. The van der Waals surface area contributed by atoms with Crippen molar-refractivity contribution < 1.29 is 29.6 Å². The molecule has 0 heterocycles. The third kappa shape index (κ3) is 3.71. The standard InChI is InChI=1S/C18H30O6/c1-7-11(17(22)24-6)14-12(8-13(20)9(2)3)16(21)18(5,23)15(14)10(4)19/h7,9-10,12,14-16,19,21,23H,8H2,1-6H3/b11-7+/t10?,12-,14-,15-,16-,18+/m0/s1. The molecule has 0 aromatic heterocycles. The van der Waals surface area contributed by atoms with Crippen LogP contribution in [0.15, 0.2) is 11.6 Å². The van der Waals surface area contributed by atoms with Crippen molar-refractivity contribution in [1.82, 2.24) is 0 Å². The smallest absolute Gasteiger partial charge is 0.333 e. The number of rotatable bonds is 6. The van der Waals surface area contributed by atoms with E-state index < -0.39 is 41.5 Å². The predicted octanol–water partition coefficient (Wildman–Crippen LogP) is 1.08. The molecule has 1 rings (SSSR count). The molecule has 0 saturated heterocycles. The summed E-state index contributed by atoms with van der Waals surface area (Å²) < 4.78 is 4.81. The van der Waals surface area contributed by atoms with Crippen molar-refractivity contribution in [2.45, 2.75) is 58.8 Å². The molecular weight excluding hydrogens is 312 g/mol. The molecule has 6 atom stereocenters. The first-order chi connectivity index (χ1) is 11.0. The summed E-state index contributed by atoms with van der Waals surface area (Å²) in [5.41, 5.74) is -1.36. The molecule has 3 N–H and O–H groups in total. The van der Waals surface area contributed by atoms with Gasteiger partial charge < -0.3 is 20.1 Å². The van der Waals surface area contributed by atoms with Crippen molar-refractivity contribution in [3.63, 3.8) is 0 Å². The highest BCUT2D eigenvalue weighted by Crippen LogP contribution is 2.51. The third-order valence-electron chi connectivity index (χ3n) is 5.22. The first-order valence-electron chi connectivity index (χ1n) is 8.36. The maximum absolute atomic E-state index is 12.2. The molecule has 0 spiro atoms. The molecule has 138 valence electrons. The van der Waals surface area contributed by atoms with Crippen molar-refractivity contribution in [1.29, 1.82) is 0 Å². The van der Waals surface area contributed by atoms with Gasteiger partial charge in [0.25, 0.3) is 0 Å². The summed E-state index contributed by atoms with van der Waals surface area (Å²) in [7, 11) is 1.25. The lowest BCUT2D eigenvalue weighted by Gasteiger charge is -2.33. The van der Waals surface area contributed by atoms with Gasteiger partial charge in [0, 0.05) is 35.7 Å². The quantitative estimate of drug-likeness (QED) is 0.493. The molecule has 1 saturated carbocycles. The summed E-state index contributed by atoms with van der Waals surface area (Å²) >= 11 is 0. The van der Waals surface area contributed by atoms with Gasteiger partial charge in [0.1, 0.15) is 5.78 Å². The lowest BCUT2D eigenvalue weighted by Crippen LogP contribution is -2.46. The second-order valence-corrected chi connectivity index (χ2v) is 7.19. The lowest BCUT2D eigenvalue weighted by molar-refractivity contribution is -0.137. The van der Waals surface area contributed by atoms with Gasteiger partial charge in [-0.15, -0.1) is 0 Å². The summed E-state index contributed by atoms with van der Waals surface area (Å²) in [5, 5.41) is 31.6. The van der Waals surface area contributed by atoms with Crippen LogP contribution in [0.1, 0.15) is 41.0 Å². The monoisotopic (exact) mass is 342 g/mol. The zero-order valence-electron chi connectivity index (χ0n) is 15.3. The molecule has 0 radical (unpaired) electrons. The van der Waals surface area contributed by atoms with Crippen LogP contribution in [0.2, 0.25) is 0 Å². The normalized spacial score (nSPS) is 35.2. The minimum atomic E-state index is -1.62. The Hall–Kier alpha value is -1.24. The first-order valence-corrected chi connectivity index (χ1v) is 8.36. The summed E-state index contributed by atoms with van der Waals surface area (Å²) in [6.45, 7) is 8.13. The van der Waals surface area contributed by atoms with E-state index in [1.54, 1.807) is 26.8 Å². The van der Waals surface area contributed by atoms with Crippen molar-refractivity contribution in [2.24, 2.45) is 23.7 Å². The number of aliphatic hydroxyl groups excluding tert-OH is 2. The maximum Gasteiger partial charge on any atom is 0.333 e. The van der Waals surface area contributed by atoms with Gasteiger partial charge in [-0.25, -0.2) is 4.79 Å². The van der Waals surface area contributed by atoms with Crippen molar-refractivity contribution >= 4 is 11.8 Å². The highest BCUT2D eigenvalue weighted by atomic mass is 16.5. The Morgan fingerprint density at radius 3 is 2.21 bits per heavy atom. The second-order valence-electron chi connectivity index (χ2n) is 7.19. The van der Waals surface area contributed by atoms with Gasteiger partial charge in [0.05, 0.1) is 24.9 Å². The van der Waals surface area contributed by atoms with Gasteiger partial charge in [0.2, 0.25) is 0 Å². The second kappa shape index (κ2) is 7.76. The van der Waals surface area contributed by atoms with Gasteiger partial charge in [-0.1, -0.05) is 19.9 Å². The highest BCUT2D eigenvalue weighted by molar-refractivity contribution is 5.89. The van der Waals surface area contributed by atoms with Crippen LogP contribution in [0.4, 0.5) is 0 Å². The van der Waals surface area contributed by atoms with Gasteiger partial charge >= 0.3 is 5.97 Å². The molecule has 0 bridgehead atoms. The Morgan fingerprint density at radius 2 is 1.83 bits per heavy atom. The molecule has 0 aliphatic heterocycles. The molecule has 24 heavy (non-hydrogen) atoms. The van der Waals surface area contributed by atoms with E-state index in [-0.39, 0.29) is 23.7 Å². The Bertz CT molecular complexity index is 506. The van der Waals surface area contributed by atoms with Crippen molar-refractivity contribution in [3.8, 4) is 0 Å². The molecular formula is C18H30O6.